The van der Waals surface area contributed by atoms with Crippen molar-refractivity contribution in [2.75, 3.05) is 11.9 Å². The number of nitrogens with one attached hydrogen (secondary N) is 1. The van der Waals surface area contributed by atoms with Gasteiger partial charge in [-0.15, -0.1) is 0 Å². The van der Waals surface area contributed by atoms with Crippen molar-refractivity contribution in [1.82, 2.24) is 15.0 Å². The van der Waals surface area contributed by atoms with Gasteiger partial charge in [-0.05, 0) is 37.1 Å². The summed E-state index contributed by atoms with van der Waals surface area (Å²) < 4.78 is 43.1. The number of rotatable bonds is 6. The van der Waals surface area contributed by atoms with Gasteiger partial charge in [0.05, 0.1) is 11.3 Å². The van der Waals surface area contributed by atoms with Crippen molar-refractivity contribution in [3.05, 3.63) is 70.8 Å². The molecule has 5 nitrogen and oxygen atoms in total. The first-order chi connectivity index (χ1) is 13.3. The number of alkyl halides is 3. The van der Waals surface area contributed by atoms with Crippen molar-refractivity contribution in [3.63, 3.8) is 0 Å². The second-order valence-electron chi connectivity index (χ2n) is 5.93. The van der Waals surface area contributed by atoms with Crippen LogP contribution in [-0.4, -0.2) is 21.5 Å². The van der Waals surface area contributed by atoms with Crippen molar-refractivity contribution >= 4 is 17.4 Å². The van der Waals surface area contributed by atoms with E-state index in [2.05, 4.69) is 20.3 Å². The molecule has 0 atom stereocenters. The van der Waals surface area contributed by atoms with Crippen LogP contribution in [-0.2, 0) is 12.6 Å². The van der Waals surface area contributed by atoms with Crippen LogP contribution in [0.1, 0.15) is 16.8 Å². The molecule has 0 unspecified atom stereocenters. The number of ether oxygens (including phenoxy) is 1. The van der Waals surface area contributed by atoms with E-state index in [0.29, 0.717) is 28.8 Å². The Morgan fingerprint density at radius 2 is 1.79 bits per heavy atom. The summed E-state index contributed by atoms with van der Waals surface area (Å²) in [5.41, 5.74) is 0.932. The molecule has 0 saturated carbocycles. The molecule has 1 aromatic carbocycles. The summed E-state index contributed by atoms with van der Waals surface area (Å²) in [4.78, 5) is 11.8. The Balaban J connectivity index is 1.54. The van der Waals surface area contributed by atoms with E-state index in [1.165, 1.54) is 12.4 Å². The minimum Gasteiger partial charge on any atom is -0.439 e. The van der Waals surface area contributed by atoms with Gasteiger partial charge in [0.1, 0.15) is 22.9 Å². The molecule has 0 saturated heterocycles. The average molecular weight is 409 g/mol. The molecule has 2 aromatic heterocycles. The lowest BCUT2D eigenvalue weighted by molar-refractivity contribution is -0.137. The summed E-state index contributed by atoms with van der Waals surface area (Å²) in [6.07, 6.45) is -1.51. The molecule has 0 aliphatic carbocycles. The highest BCUT2D eigenvalue weighted by atomic mass is 35.5. The lowest BCUT2D eigenvalue weighted by Gasteiger charge is -2.10. The zero-order valence-corrected chi connectivity index (χ0v) is 15.6. The summed E-state index contributed by atoms with van der Waals surface area (Å²) in [6, 6.07) is 9.32. The lowest BCUT2D eigenvalue weighted by atomic mass is 10.1. The number of aryl methyl sites for hydroxylation is 1. The minimum atomic E-state index is -4.42. The van der Waals surface area contributed by atoms with Crippen LogP contribution in [0.2, 0.25) is 5.02 Å². The maximum Gasteiger partial charge on any atom is 0.417 e. The maximum atomic E-state index is 12.5. The quantitative estimate of drug-likeness (QED) is 0.599. The number of nitrogens with zero attached hydrogens (tertiary/aromatic N) is 3. The second-order valence-corrected chi connectivity index (χ2v) is 6.31. The largest absolute Gasteiger partial charge is 0.439 e. The molecule has 1 N–H and O–H groups in total. The maximum absolute atomic E-state index is 12.5. The molecule has 0 spiro atoms. The summed E-state index contributed by atoms with van der Waals surface area (Å²) in [5.74, 6) is 1.16. The number of aromatic nitrogens is 3. The third-order valence-corrected chi connectivity index (χ3v) is 4.33. The monoisotopic (exact) mass is 408 g/mol. The first-order valence-electron chi connectivity index (χ1n) is 8.34. The molecule has 0 fully saturated rings. The predicted octanol–water partition coefficient (Wildman–Crippen LogP) is 5.30. The number of halogens is 4. The summed E-state index contributed by atoms with van der Waals surface area (Å²) in [7, 11) is 0. The van der Waals surface area contributed by atoms with E-state index in [-0.39, 0.29) is 5.88 Å². The van der Waals surface area contributed by atoms with Gasteiger partial charge in [-0.25, -0.2) is 15.0 Å². The zero-order chi connectivity index (χ0) is 20.1. The van der Waals surface area contributed by atoms with E-state index in [1.807, 2.05) is 12.1 Å². The summed E-state index contributed by atoms with van der Waals surface area (Å²) in [5, 5.41) is 3.65. The first-order valence-corrected chi connectivity index (χ1v) is 8.72. The third kappa shape index (κ3) is 5.10. The van der Waals surface area contributed by atoms with Gasteiger partial charge in [0.2, 0.25) is 5.88 Å². The molecule has 3 aromatic rings. The molecule has 0 bridgehead atoms. The fourth-order valence-corrected chi connectivity index (χ4v) is 2.52. The molecule has 0 amide bonds. The van der Waals surface area contributed by atoms with Gasteiger partial charge in [-0.1, -0.05) is 23.7 Å². The van der Waals surface area contributed by atoms with Crippen LogP contribution in [0.5, 0.6) is 11.6 Å². The van der Waals surface area contributed by atoms with Crippen LogP contribution in [0.4, 0.5) is 19.0 Å². The Hall–Kier alpha value is -2.87. The Labute approximate surface area is 164 Å². The predicted molar refractivity (Wildman–Crippen MR) is 99.7 cm³/mol. The van der Waals surface area contributed by atoms with Gasteiger partial charge in [0.25, 0.3) is 0 Å². The molecule has 28 heavy (non-hydrogen) atoms. The molecule has 0 radical (unpaired) electrons. The fraction of sp³-hybridized carbons (Fsp3) is 0.211. The first kappa shape index (κ1) is 19.9. The number of hydrogen-bond donors (Lipinski definition) is 1. The fourth-order valence-electron chi connectivity index (χ4n) is 2.36. The van der Waals surface area contributed by atoms with Crippen molar-refractivity contribution in [3.8, 4) is 11.6 Å². The number of pyridine rings is 1. The normalized spacial score (nSPS) is 11.3. The Kier molecular flexibility index (Phi) is 5.99. The number of anilines is 1. The van der Waals surface area contributed by atoms with Gasteiger partial charge in [-0.2, -0.15) is 13.2 Å². The second kappa shape index (κ2) is 8.43. The van der Waals surface area contributed by atoms with E-state index >= 15 is 0 Å². The molecule has 3 rings (SSSR count). The van der Waals surface area contributed by atoms with Gasteiger partial charge in [-0.3, -0.25) is 0 Å². The topological polar surface area (TPSA) is 59.9 Å². The minimum absolute atomic E-state index is 0.0937. The van der Waals surface area contributed by atoms with Crippen LogP contribution in [0.25, 0.3) is 0 Å². The standard InChI is InChI=1S/C19H16ClF3N4O/c1-12-17(20)18(27-11-26-12)24-9-8-13-2-5-15(6-3-13)28-16-7-4-14(10-25-16)19(21,22)23/h2-7,10-11H,8-9H2,1H3,(H,24,26,27). The van der Waals surface area contributed by atoms with Crippen LogP contribution in [0.3, 0.4) is 0 Å². The molecular formula is C19H16ClF3N4O. The molecule has 2 heterocycles. The van der Waals surface area contributed by atoms with Crippen LogP contribution >= 0.6 is 11.6 Å². The van der Waals surface area contributed by atoms with Gasteiger partial charge in [0.15, 0.2) is 0 Å². The van der Waals surface area contributed by atoms with Gasteiger partial charge < -0.3 is 10.1 Å². The summed E-state index contributed by atoms with van der Waals surface area (Å²) in [6.45, 7) is 2.43. The van der Waals surface area contributed by atoms with E-state index in [1.54, 1.807) is 19.1 Å². The van der Waals surface area contributed by atoms with E-state index in [0.717, 1.165) is 24.2 Å². The van der Waals surface area contributed by atoms with E-state index in [4.69, 9.17) is 16.3 Å². The van der Waals surface area contributed by atoms with E-state index in [9.17, 15) is 13.2 Å². The highest BCUT2D eigenvalue weighted by molar-refractivity contribution is 6.33. The Morgan fingerprint density at radius 3 is 2.43 bits per heavy atom. The molecular weight excluding hydrogens is 393 g/mol. The molecule has 0 aliphatic heterocycles. The van der Waals surface area contributed by atoms with Crippen molar-refractivity contribution < 1.29 is 17.9 Å². The highest BCUT2D eigenvalue weighted by Gasteiger charge is 2.30. The highest BCUT2D eigenvalue weighted by Crippen LogP contribution is 2.30. The average Bonchev–Trinajstić information content (AvgIpc) is 2.66. The van der Waals surface area contributed by atoms with Crippen LogP contribution < -0.4 is 10.1 Å². The lowest BCUT2D eigenvalue weighted by Crippen LogP contribution is -2.07. The smallest absolute Gasteiger partial charge is 0.417 e. The molecule has 0 aliphatic rings. The Bertz CT molecular complexity index is 931. The molecule has 146 valence electrons. The third-order valence-electron chi connectivity index (χ3n) is 3.88. The van der Waals surface area contributed by atoms with Crippen LogP contribution in [0.15, 0.2) is 48.9 Å². The number of hydrogen-bond acceptors (Lipinski definition) is 5. The van der Waals surface area contributed by atoms with Gasteiger partial charge >= 0.3 is 6.18 Å². The summed E-state index contributed by atoms with van der Waals surface area (Å²) >= 11 is 6.14. The van der Waals surface area contributed by atoms with Crippen molar-refractivity contribution in [2.45, 2.75) is 19.5 Å². The Morgan fingerprint density at radius 1 is 1.04 bits per heavy atom. The molecule has 9 heteroatoms. The van der Waals surface area contributed by atoms with E-state index < -0.39 is 11.7 Å². The van der Waals surface area contributed by atoms with Crippen molar-refractivity contribution in [1.29, 1.82) is 0 Å². The number of benzene rings is 1. The zero-order valence-electron chi connectivity index (χ0n) is 14.8. The van der Waals surface area contributed by atoms with Crippen molar-refractivity contribution in [2.24, 2.45) is 0 Å². The van der Waals surface area contributed by atoms with Gasteiger partial charge in [0, 0.05) is 18.8 Å². The van der Waals surface area contributed by atoms with Crippen LogP contribution in [0, 0.1) is 6.92 Å². The SMILES string of the molecule is Cc1ncnc(NCCc2ccc(Oc3ccc(C(F)(F)F)cn3)cc2)c1Cl.